The number of aryl methyl sites for hydroxylation is 1. The normalized spacial score (nSPS) is 21.1. The highest BCUT2D eigenvalue weighted by Gasteiger charge is 2.56. The maximum absolute atomic E-state index is 13.6. The molecule has 2 fully saturated rings. The van der Waals surface area contributed by atoms with Crippen molar-refractivity contribution in [3.8, 4) is 0 Å². The Morgan fingerprint density at radius 1 is 1.15 bits per heavy atom. The van der Waals surface area contributed by atoms with E-state index in [9.17, 15) is 22.4 Å². The van der Waals surface area contributed by atoms with Gasteiger partial charge in [-0.1, -0.05) is 11.6 Å². The molecule has 1 aromatic carbocycles. The quantitative estimate of drug-likeness (QED) is 0.706. The van der Waals surface area contributed by atoms with Crippen LogP contribution in [0.3, 0.4) is 0 Å². The Bertz CT molecular complexity index is 897. The fraction of sp³-hybridized carbons (Fsp3) is 0.500. The first-order chi connectivity index (χ1) is 12.0. The highest BCUT2D eigenvalue weighted by atomic mass is 35.5. The van der Waals surface area contributed by atoms with Gasteiger partial charge in [0, 0.05) is 27.2 Å². The Hall–Kier alpha value is -1.71. The number of amides is 3. The van der Waals surface area contributed by atoms with Crippen molar-refractivity contribution >= 4 is 33.6 Å². The van der Waals surface area contributed by atoms with Crippen molar-refractivity contribution in [3.05, 3.63) is 28.5 Å². The van der Waals surface area contributed by atoms with Gasteiger partial charge in [0.1, 0.15) is 16.3 Å². The summed E-state index contributed by atoms with van der Waals surface area (Å²) in [6.45, 7) is 1.59. The van der Waals surface area contributed by atoms with E-state index in [-0.39, 0.29) is 47.3 Å². The number of carbonyl (C=O) groups excluding carboxylic acids is 2. The minimum absolute atomic E-state index is 0.0618. The first-order valence-electron chi connectivity index (χ1n) is 8.04. The molecule has 1 aromatic rings. The Labute approximate surface area is 156 Å². The molecule has 3 rings (SSSR count). The molecule has 0 unspecified atom stereocenters. The lowest BCUT2D eigenvalue weighted by Gasteiger charge is -2.40. The number of carbonyl (C=O) groups is 2. The Morgan fingerprint density at radius 3 is 2.23 bits per heavy atom. The SMILES string of the molecule is Cc1cc(S(=O)(=O)N2CCC3(CC2)C(=O)N(C)C(=O)N3C)c(Cl)cc1F. The van der Waals surface area contributed by atoms with Gasteiger partial charge in [0.15, 0.2) is 0 Å². The predicted molar refractivity (Wildman–Crippen MR) is 92.8 cm³/mol. The van der Waals surface area contributed by atoms with Crippen LogP contribution in [0.5, 0.6) is 0 Å². The van der Waals surface area contributed by atoms with Gasteiger partial charge in [-0.3, -0.25) is 9.69 Å². The van der Waals surface area contributed by atoms with E-state index in [1.807, 2.05) is 0 Å². The third-order valence-corrected chi connectivity index (χ3v) is 7.66. The molecule has 0 aromatic heterocycles. The summed E-state index contributed by atoms with van der Waals surface area (Å²) in [5.74, 6) is -0.899. The Kier molecular flexibility index (Phi) is 4.53. The minimum atomic E-state index is -3.93. The van der Waals surface area contributed by atoms with Gasteiger partial charge in [0.2, 0.25) is 10.0 Å². The molecule has 2 aliphatic rings. The highest BCUT2D eigenvalue weighted by molar-refractivity contribution is 7.89. The van der Waals surface area contributed by atoms with E-state index in [2.05, 4.69) is 0 Å². The summed E-state index contributed by atoms with van der Waals surface area (Å²) in [7, 11) is -0.967. The lowest BCUT2D eigenvalue weighted by molar-refractivity contribution is -0.133. The van der Waals surface area contributed by atoms with Gasteiger partial charge in [-0.05, 0) is 37.5 Å². The van der Waals surface area contributed by atoms with Gasteiger partial charge in [-0.25, -0.2) is 17.6 Å². The smallest absolute Gasteiger partial charge is 0.312 e. The number of benzene rings is 1. The van der Waals surface area contributed by atoms with Crippen LogP contribution in [0.15, 0.2) is 17.0 Å². The predicted octanol–water partition coefficient (Wildman–Crippen LogP) is 1.83. The summed E-state index contributed by atoms with van der Waals surface area (Å²) in [6.07, 6.45) is 0.380. The van der Waals surface area contributed by atoms with Crippen LogP contribution in [-0.4, -0.2) is 67.2 Å². The van der Waals surface area contributed by atoms with Crippen molar-refractivity contribution in [3.63, 3.8) is 0 Å². The van der Waals surface area contributed by atoms with Crippen molar-refractivity contribution in [2.24, 2.45) is 0 Å². The van der Waals surface area contributed by atoms with Crippen LogP contribution in [0.25, 0.3) is 0 Å². The van der Waals surface area contributed by atoms with E-state index in [1.165, 1.54) is 29.2 Å². The Morgan fingerprint density at radius 2 is 1.73 bits per heavy atom. The number of piperidine rings is 1. The molecule has 1 spiro atoms. The van der Waals surface area contributed by atoms with Crippen LogP contribution in [0, 0.1) is 12.7 Å². The van der Waals surface area contributed by atoms with Crippen LogP contribution < -0.4 is 0 Å². The largest absolute Gasteiger partial charge is 0.327 e. The van der Waals surface area contributed by atoms with Crippen LogP contribution in [-0.2, 0) is 14.8 Å². The molecular weight excluding hydrogens is 385 g/mol. The first-order valence-corrected chi connectivity index (χ1v) is 9.86. The van der Waals surface area contributed by atoms with Crippen molar-refractivity contribution < 1.29 is 22.4 Å². The summed E-state index contributed by atoms with van der Waals surface area (Å²) in [5.41, 5.74) is -0.834. The summed E-state index contributed by atoms with van der Waals surface area (Å²) in [4.78, 5) is 26.8. The van der Waals surface area contributed by atoms with Crippen molar-refractivity contribution in [2.45, 2.75) is 30.2 Å². The Balaban J connectivity index is 1.87. The third-order valence-electron chi connectivity index (χ3n) is 5.30. The number of hydrogen-bond acceptors (Lipinski definition) is 4. The number of likely N-dealkylation sites (N-methyl/N-ethyl adjacent to an activating group) is 2. The maximum Gasteiger partial charge on any atom is 0.327 e. The second kappa shape index (κ2) is 6.17. The molecular formula is C16H19ClFN3O4S. The third kappa shape index (κ3) is 2.60. The molecule has 0 saturated carbocycles. The highest BCUT2D eigenvalue weighted by Crippen LogP contribution is 2.37. The number of imide groups is 1. The van der Waals surface area contributed by atoms with Gasteiger partial charge in [-0.2, -0.15) is 4.31 Å². The number of hydrogen-bond donors (Lipinski definition) is 0. The number of sulfonamides is 1. The molecule has 0 aliphatic carbocycles. The van der Waals surface area contributed by atoms with Crippen LogP contribution in [0.1, 0.15) is 18.4 Å². The second-order valence-electron chi connectivity index (χ2n) is 6.67. The average Bonchev–Trinajstić information content (AvgIpc) is 2.75. The zero-order chi connectivity index (χ0) is 19.4. The number of halogens is 2. The molecule has 0 bridgehead atoms. The van der Waals surface area contributed by atoms with Gasteiger partial charge >= 0.3 is 6.03 Å². The molecule has 26 heavy (non-hydrogen) atoms. The zero-order valence-electron chi connectivity index (χ0n) is 14.6. The van der Waals surface area contributed by atoms with Gasteiger partial charge in [0.05, 0.1) is 5.02 Å². The van der Waals surface area contributed by atoms with Gasteiger partial charge < -0.3 is 4.90 Å². The molecule has 7 nitrogen and oxygen atoms in total. The van der Waals surface area contributed by atoms with E-state index >= 15 is 0 Å². The lowest BCUT2D eigenvalue weighted by atomic mass is 9.87. The van der Waals surface area contributed by atoms with E-state index in [4.69, 9.17) is 11.6 Å². The van der Waals surface area contributed by atoms with Crippen LogP contribution in [0.2, 0.25) is 5.02 Å². The standard InChI is InChI=1S/C16H19ClFN3O4S/c1-10-8-13(11(17)9-12(10)18)26(24,25)21-6-4-16(5-7-21)14(22)19(2)15(23)20(16)3/h8-9H,4-7H2,1-3H3. The van der Waals surface area contributed by atoms with E-state index in [0.717, 1.165) is 11.0 Å². The maximum atomic E-state index is 13.6. The van der Waals surface area contributed by atoms with Gasteiger partial charge in [0.25, 0.3) is 5.91 Å². The first kappa shape index (κ1) is 19.1. The fourth-order valence-corrected chi connectivity index (χ4v) is 5.58. The number of urea groups is 1. The lowest BCUT2D eigenvalue weighted by Crippen LogP contribution is -2.56. The molecule has 142 valence electrons. The van der Waals surface area contributed by atoms with E-state index in [1.54, 1.807) is 7.05 Å². The van der Waals surface area contributed by atoms with Crippen LogP contribution in [0.4, 0.5) is 9.18 Å². The number of rotatable bonds is 2. The van der Waals surface area contributed by atoms with Crippen molar-refractivity contribution in [1.82, 2.24) is 14.1 Å². The summed E-state index contributed by atoms with van der Waals surface area (Å²) in [5, 5.41) is -0.183. The molecule has 3 amide bonds. The molecule has 10 heteroatoms. The molecule has 0 N–H and O–H groups in total. The fourth-order valence-electron chi connectivity index (χ4n) is 3.56. The summed E-state index contributed by atoms with van der Waals surface area (Å²) < 4.78 is 40.6. The molecule has 2 saturated heterocycles. The van der Waals surface area contributed by atoms with E-state index < -0.39 is 27.4 Å². The van der Waals surface area contributed by atoms with Crippen molar-refractivity contribution in [1.29, 1.82) is 0 Å². The zero-order valence-corrected chi connectivity index (χ0v) is 16.2. The molecule has 2 heterocycles. The minimum Gasteiger partial charge on any atom is -0.312 e. The average molecular weight is 404 g/mol. The van der Waals surface area contributed by atoms with Gasteiger partial charge in [-0.15, -0.1) is 0 Å². The molecule has 0 atom stereocenters. The topological polar surface area (TPSA) is 78.0 Å². The molecule has 0 radical (unpaired) electrons. The molecule has 2 aliphatic heterocycles. The van der Waals surface area contributed by atoms with Crippen molar-refractivity contribution in [2.75, 3.05) is 27.2 Å². The van der Waals surface area contributed by atoms with E-state index in [0.29, 0.717) is 0 Å². The monoisotopic (exact) mass is 403 g/mol. The summed E-state index contributed by atoms with van der Waals surface area (Å²) in [6, 6.07) is 1.79. The second-order valence-corrected chi connectivity index (χ2v) is 8.99. The number of nitrogens with zero attached hydrogens (tertiary/aromatic N) is 3. The van der Waals surface area contributed by atoms with Crippen LogP contribution >= 0.6 is 11.6 Å². The summed E-state index contributed by atoms with van der Waals surface area (Å²) >= 11 is 5.95.